The van der Waals surface area contributed by atoms with Crippen LogP contribution in [0.25, 0.3) is 0 Å². The minimum atomic E-state index is -5.78. The summed E-state index contributed by atoms with van der Waals surface area (Å²) >= 11 is 2.80. The lowest BCUT2D eigenvalue weighted by atomic mass is 10.00. The summed E-state index contributed by atoms with van der Waals surface area (Å²) in [6, 6.07) is 0.729. The fourth-order valence-electron chi connectivity index (χ4n) is 1.15. The first-order valence-electron chi connectivity index (χ1n) is 4.26. The number of nitrogens with two attached hydrogens (primary N) is 1. The summed E-state index contributed by atoms with van der Waals surface area (Å²) in [5.41, 5.74) is 4.20. The maximum Gasteiger partial charge on any atom is 0.455 e. The zero-order valence-corrected chi connectivity index (χ0v) is 9.69. The lowest BCUT2D eigenvalue weighted by Gasteiger charge is -2.26. The molecule has 1 rings (SSSR count). The Labute approximate surface area is 101 Å². The highest BCUT2D eigenvalue weighted by atomic mass is 79.9. The van der Waals surface area contributed by atoms with Crippen LogP contribution in [0.3, 0.4) is 0 Å². The molecule has 0 saturated heterocycles. The quantitative estimate of drug-likeness (QED) is 0.821. The third-order valence-electron chi connectivity index (χ3n) is 2.12. The third kappa shape index (κ3) is 2.52. The molecule has 0 unspecified atom stereocenters. The second-order valence-electron chi connectivity index (χ2n) is 3.28. The van der Waals surface area contributed by atoms with Crippen molar-refractivity contribution in [1.29, 1.82) is 0 Å². The van der Waals surface area contributed by atoms with Crippen LogP contribution in [-0.2, 0) is 0 Å². The van der Waals surface area contributed by atoms with Crippen molar-refractivity contribution in [2.45, 2.75) is 18.1 Å². The molecule has 0 amide bonds. The summed E-state index contributed by atoms with van der Waals surface area (Å²) in [6.45, 7) is 0. The Hall–Kier alpha value is -0.890. The van der Waals surface area contributed by atoms with Crippen molar-refractivity contribution in [3.8, 4) is 5.75 Å². The lowest BCUT2D eigenvalue weighted by molar-refractivity contribution is -0.291. The van der Waals surface area contributed by atoms with Crippen molar-refractivity contribution in [3.63, 3.8) is 0 Å². The Kier molecular flexibility index (Phi) is 3.68. The number of rotatable bonds is 2. The van der Waals surface area contributed by atoms with Gasteiger partial charge in [0.1, 0.15) is 11.8 Å². The fourth-order valence-corrected chi connectivity index (χ4v) is 1.54. The molecule has 0 aliphatic carbocycles. The summed E-state index contributed by atoms with van der Waals surface area (Å²) in [5, 5.41) is 9.37. The molecule has 0 aliphatic rings. The molecule has 0 spiro atoms. The van der Waals surface area contributed by atoms with E-state index in [1.807, 2.05) is 0 Å². The maximum atomic E-state index is 12.9. The average molecular weight is 320 g/mol. The predicted octanol–water partition coefficient (Wildman–Crippen LogP) is 3.35. The van der Waals surface area contributed by atoms with Crippen LogP contribution in [0.5, 0.6) is 5.75 Å². The highest BCUT2D eigenvalue weighted by Crippen LogP contribution is 2.45. The van der Waals surface area contributed by atoms with Crippen molar-refractivity contribution in [2.75, 3.05) is 0 Å². The molecule has 0 fully saturated rings. The summed E-state index contributed by atoms with van der Waals surface area (Å²) < 4.78 is 62.1. The molecule has 0 heterocycles. The van der Waals surface area contributed by atoms with Crippen LogP contribution in [-0.4, -0.2) is 17.2 Å². The van der Waals surface area contributed by atoms with Crippen LogP contribution < -0.4 is 5.73 Å². The van der Waals surface area contributed by atoms with Gasteiger partial charge in [-0.3, -0.25) is 0 Å². The Morgan fingerprint density at radius 3 is 2.18 bits per heavy atom. The molecular formula is C9H7BrF5NO. The van der Waals surface area contributed by atoms with E-state index in [0.717, 1.165) is 6.07 Å². The molecule has 3 N–H and O–H groups in total. The van der Waals surface area contributed by atoms with Crippen LogP contribution in [0.15, 0.2) is 22.7 Å². The molecule has 0 saturated carbocycles. The van der Waals surface area contributed by atoms with Gasteiger partial charge in [0.25, 0.3) is 0 Å². The van der Waals surface area contributed by atoms with Gasteiger partial charge in [0, 0.05) is 5.56 Å². The van der Waals surface area contributed by atoms with Crippen LogP contribution in [0.1, 0.15) is 11.6 Å². The van der Waals surface area contributed by atoms with Gasteiger partial charge in [-0.05, 0) is 22.0 Å². The summed E-state index contributed by atoms with van der Waals surface area (Å²) in [7, 11) is 0. The van der Waals surface area contributed by atoms with Crippen LogP contribution >= 0.6 is 15.9 Å². The minimum Gasteiger partial charge on any atom is -0.506 e. The van der Waals surface area contributed by atoms with Gasteiger partial charge in [-0.25, -0.2) is 0 Å². The Morgan fingerprint density at radius 1 is 1.18 bits per heavy atom. The van der Waals surface area contributed by atoms with Gasteiger partial charge in [0.2, 0.25) is 0 Å². The number of halogens is 6. The van der Waals surface area contributed by atoms with Gasteiger partial charge >= 0.3 is 12.1 Å². The smallest absolute Gasteiger partial charge is 0.455 e. The van der Waals surface area contributed by atoms with Crippen molar-refractivity contribution < 1.29 is 27.1 Å². The van der Waals surface area contributed by atoms with Crippen LogP contribution in [0.2, 0.25) is 0 Å². The molecular weight excluding hydrogens is 313 g/mol. The van der Waals surface area contributed by atoms with E-state index in [2.05, 4.69) is 15.9 Å². The zero-order chi connectivity index (χ0) is 13.4. The molecule has 0 bridgehead atoms. The monoisotopic (exact) mass is 319 g/mol. The Morgan fingerprint density at radius 2 is 1.71 bits per heavy atom. The van der Waals surface area contributed by atoms with E-state index in [1.54, 1.807) is 0 Å². The number of aromatic hydroxyl groups is 1. The van der Waals surface area contributed by atoms with Gasteiger partial charge in [-0.2, -0.15) is 22.0 Å². The third-order valence-corrected chi connectivity index (χ3v) is 2.76. The number of alkyl halides is 5. The Balaban J connectivity index is 3.22. The maximum absolute atomic E-state index is 12.9. The first-order valence-corrected chi connectivity index (χ1v) is 5.06. The van der Waals surface area contributed by atoms with Crippen LogP contribution in [0.4, 0.5) is 22.0 Å². The second kappa shape index (κ2) is 4.41. The number of phenolic OH excluding ortho intramolecular Hbond substituents is 1. The van der Waals surface area contributed by atoms with Gasteiger partial charge < -0.3 is 10.8 Å². The SMILES string of the molecule is N[C@H](c1cccc(Br)c1O)C(F)(F)C(F)(F)F. The second-order valence-corrected chi connectivity index (χ2v) is 4.13. The molecule has 1 aromatic rings. The molecule has 17 heavy (non-hydrogen) atoms. The molecule has 0 aliphatic heterocycles. The highest BCUT2D eigenvalue weighted by molar-refractivity contribution is 9.10. The van der Waals surface area contributed by atoms with E-state index in [4.69, 9.17) is 5.73 Å². The number of phenols is 1. The summed E-state index contributed by atoms with van der Waals surface area (Å²) in [4.78, 5) is 0. The number of para-hydroxylation sites is 1. The van der Waals surface area contributed by atoms with Crippen molar-refractivity contribution >= 4 is 15.9 Å². The van der Waals surface area contributed by atoms with E-state index >= 15 is 0 Å². The van der Waals surface area contributed by atoms with Crippen molar-refractivity contribution in [1.82, 2.24) is 0 Å². The molecule has 96 valence electrons. The molecule has 1 aromatic carbocycles. The van der Waals surface area contributed by atoms with E-state index in [-0.39, 0.29) is 4.47 Å². The van der Waals surface area contributed by atoms with Gasteiger partial charge in [-0.15, -0.1) is 0 Å². The molecule has 2 nitrogen and oxygen atoms in total. The largest absolute Gasteiger partial charge is 0.506 e. The van der Waals surface area contributed by atoms with Crippen molar-refractivity contribution in [2.24, 2.45) is 5.73 Å². The standard InChI is InChI=1S/C9H7BrF5NO/c10-5-3-1-2-4(6(5)17)7(16)8(11,12)9(13,14)15/h1-3,7,17H,16H2/t7-/m1/s1. The normalized spacial score (nSPS) is 14.8. The average Bonchev–Trinajstić information content (AvgIpc) is 2.19. The fraction of sp³-hybridized carbons (Fsp3) is 0.333. The first kappa shape index (κ1) is 14.2. The van der Waals surface area contributed by atoms with Gasteiger partial charge in [0.05, 0.1) is 4.47 Å². The highest BCUT2D eigenvalue weighted by Gasteiger charge is 2.62. The number of benzene rings is 1. The van der Waals surface area contributed by atoms with E-state index < -0.39 is 29.5 Å². The Bertz CT molecular complexity index is 420. The lowest BCUT2D eigenvalue weighted by Crippen LogP contribution is -2.45. The predicted molar refractivity (Wildman–Crippen MR) is 53.7 cm³/mol. The molecule has 8 heteroatoms. The molecule has 1 atom stereocenters. The molecule has 0 radical (unpaired) electrons. The van der Waals surface area contributed by atoms with Gasteiger partial charge in [0.15, 0.2) is 0 Å². The summed E-state index contributed by atoms with van der Waals surface area (Å²) in [6.07, 6.45) is -5.78. The van der Waals surface area contributed by atoms with E-state index in [1.165, 1.54) is 12.1 Å². The van der Waals surface area contributed by atoms with Crippen molar-refractivity contribution in [3.05, 3.63) is 28.2 Å². The number of hydrogen-bond donors (Lipinski definition) is 2. The topological polar surface area (TPSA) is 46.2 Å². The van der Waals surface area contributed by atoms with Gasteiger partial charge in [-0.1, -0.05) is 12.1 Å². The number of hydrogen-bond acceptors (Lipinski definition) is 2. The van der Waals surface area contributed by atoms with E-state index in [9.17, 15) is 27.1 Å². The zero-order valence-electron chi connectivity index (χ0n) is 8.10. The molecule has 0 aromatic heterocycles. The summed E-state index contributed by atoms with van der Waals surface area (Å²) in [5.74, 6) is -5.85. The first-order chi connectivity index (χ1) is 7.59. The van der Waals surface area contributed by atoms with E-state index in [0.29, 0.717) is 0 Å². The van der Waals surface area contributed by atoms with Crippen LogP contribution in [0, 0.1) is 0 Å². The minimum absolute atomic E-state index is 0.0107.